The molecule has 1 aliphatic heterocycles. The third-order valence-corrected chi connectivity index (χ3v) is 4.33. The Bertz CT molecular complexity index is 999. The Kier molecular flexibility index (Phi) is 7.19. The average Bonchev–Trinajstić information content (AvgIpc) is 3.19. The van der Waals surface area contributed by atoms with E-state index in [1.165, 1.54) is 0 Å². The van der Waals surface area contributed by atoms with Crippen LogP contribution < -0.4 is 25.4 Å². The molecule has 3 amide bonds. The second-order valence-electron chi connectivity index (χ2n) is 8.18. The Morgan fingerprint density at radius 2 is 1.78 bits per heavy atom. The molecule has 9 heteroatoms. The van der Waals surface area contributed by atoms with Crippen molar-refractivity contribution in [2.75, 3.05) is 18.7 Å². The molecule has 1 heterocycles. The van der Waals surface area contributed by atoms with Gasteiger partial charge < -0.3 is 30.2 Å². The van der Waals surface area contributed by atoms with Gasteiger partial charge in [-0.1, -0.05) is 12.1 Å². The molecule has 0 saturated carbocycles. The minimum atomic E-state index is -0.588. The molecular weight excluding hydrogens is 414 g/mol. The number of nitrogens with one attached hydrogen (secondary N) is 3. The second-order valence-corrected chi connectivity index (χ2v) is 8.18. The summed E-state index contributed by atoms with van der Waals surface area (Å²) in [7, 11) is 0. The van der Waals surface area contributed by atoms with Crippen LogP contribution in [0.3, 0.4) is 0 Å². The standard InChI is InChI=1S/C23H27N3O6/c1-23(2,3)32-22(29)24-10-9-20(27)25-13-15-5-4-6-17(11-15)26-21(28)16-7-8-18-19(12-16)31-14-30-18/h4-8,11-12H,9-10,13-14H2,1-3H3,(H,24,29)(H,25,27)(H,26,28). The van der Waals surface area contributed by atoms with E-state index in [0.29, 0.717) is 29.3 Å². The maximum Gasteiger partial charge on any atom is 0.407 e. The van der Waals surface area contributed by atoms with Crippen molar-refractivity contribution in [2.24, 2.45) is 0 Å². The topological polar surface area (TPSA) is 115 Å². The minimum absolute atomic E-state index is 0.125. The van der Waals surface area contributed by atoms with Crippen LogP contribution in [0.2, 0.25) is 0 Å². The SMILES string of the molecule is CC(C)(C)OC(=O)NCCC(=O)NCc1cccc(NC(=O)c2ccc3c(c2)OCO3)c1. The van der Waals surface area contributed by atoms with Gasteiger partial charge in [0, 0.05) is 30.8 Å². The summed E-state index contributed by atoms with van der Waals surface area (Å²) in [6, 6.07) is 12.2. The van der Waals surface area contributed by atoms with Crippen molar-refractivity contribution in [3.63, 3.8) is 0 Å². The predicted octanol–water partition coefficient (Wildman–Crippen LogP) is 3.20. The Hall–Kier alpha value is -3.75. The highest BCUT2D eigenvalue weighted by atomic mass is 16.7. The van der Waals surface area contributed by atoms with Crippen molar-refractivity contribution in [1.29, 1.82) is 0 Å². The number of alkyl carbamates (subject to hydrolysis) is 1. The number of hydrogen-bond acceptors (Lipinski definition) is 6. The Balaban J connectivity index is 1.45. The first kappa shape index (κ1) is 22.9. The molecule has 0 spiro atoms. The number of hydrogen-bond donors (Lipinski definition) is 3. The molecule has 1 aliphatic rings. The van der Waals surface area contributed by atoms with Gasteiger partial charge in [-0.3, -0.25) is 9.59 Å². The third kappa shape index (κ3) is 6.90. The summed E-state index contributed by atoms with van der Waals surface area (Å²) < 4.78 is 15.7. The zero-order valence-corrected chi connectivity index (χ0v) is 18.3. The number of rotatable bonds is 7. The van der Waals surface area contributed by atoms with Crippen LogP contribution in [0.25, 0.3) is 0 Å². The van der Waals surface area contributed by atoms with Crippen molar-refractivity contribution < 1.29 is 28.6 Å². The molecule has 170 valence electrons. The third-order valence-electron chi connectivity index (χ3n) is 4.33. The lowest BCUT2D eigenvalue weighted by Crippen LogP contribution is -2.35. The fourth-order valence-electron chi connectivity index (χ4n) is 2.88. The summed E-state index contributed by atoms with van der Waals surface area (Å²) in [4.78, 5) is 36.1. The van der Waals surface area contributed by atoms with Crippen LogP contribution in [0, 0.1) is 0 Å². The van der Waals surface area contributed by atoms with E-state index < -0.39 is 11.7 Å². The molecule has 3 rings (SSSR count). The number of anilines is 1. The predicted molar refractivity (Wildman–Crippen MR) is 118 cm³/mol. The molecule has 2 aromatic rings. The molecule has 0 fully saturated rings. The first-order valence-corrected chi connectivity index (χ1v) is 10.2. The summed E-state index contributed by atoms with van der Waals surface area (Å²) in [6.07, 6.45) is -0.434. The van der Waals surface area contributed by atoms with E-state index in [0.717, 1.165) is 5.56 Å². The number of ether oxygens (including phenoxy) is 3. The van der Waals surface area contributed by atoms with Gasteiger partial charge in [-0.25, -0.2) is 4.79 Å². The molecule has 0 bridgehead atoms. The first-order valence-electron chi connectivity index (χ1n) is 10.2. The van der Waals surface area contributed by atoms with E-state index >= 15 is 0 Å². The van der Waals surface area contributed by atoms with Gasteiger partial charge in [-0.2, -0.15) is 0 Å². The van der Waals surface area contributed by atoms with Crippen LogP contribution in [0.1, 0.15) is 43.1 Å². The number of amides is 3. The molecule has 0 saturated heterocycles. The van der Waals surface area contributed by atoms with Crippen molar-refractivity contribution in [3.8, 4) is 11.5 Å². The van der Waals surface area contributed by atoms with Crippen molar-refractivity contribution in [2.45, 2.75) is 39.3 Å². The molecule has 9 nitrogen and oxygen atoms in total. The van der Waals surface area contributed by atoms with E-state index in [9.17, 15) is 14.4 Å². The summed E-state index contributed by atoms with van der Waals surface area (Å²) in [5.41, 5.74) is 1.29. The Labute approximate surface area is 186 Å². The van der Waals surface area contributed by atoms with Crippen LogP contribution in [0.4, 0.5) is 10.5 Å². The van der Waals surface area contributed by atoms with Gasteiger partial charge in [0.15, 0.2) is 11.5 Å². The van der Waals surface area contributed by atoms with Gasteiger partial charge >= 0.3 is 6.09 Å². The van der Waals surface area contributed by atoms with Crippen LogP contribution in [-0.4, -0.2) is 36.8 Å². The molecular formula is C23H27N3O6. The summed E-state index contributed by atoms with van der Waals surface area (Å²) >= 11 is 0. The highest BCUT2D eigenvalue weighted by Crippen LogP contribution is 2.32. The maximum atomic E-state index is 12.5. The van der Waals surface area contributed by atoms with Gasteiger partial charge in [0.1, 0.15) is 5.60 Å². The maximum absolute atomic E-state index is 12.5. The molecule has 3 N–H and O–H groups in total. The molecule has 0 aliphatic carbocycles. The zero-order valence-electron chi connectivity index (χ0n) is 18.3. The highest BCUT2D eigenvalue weighted by molar-refractivity contribution is 6.04. The van der Waals surface area contributed by atoms with Crippen LogP contribution >= 0.6 is 0 Å². The van der Waals surface area contributed by atoms with E-state index in [1.807, 2.05) is 6.07 Å². The highest BCUT2D eigenvalue weighted by Gasteiger charge is 2.17. The molecule has 0 aromatic heterocycles. The fourth-order valence-corrected chi connectivity index (χ4v) is 2.88. The first-order chi connectivity index (χ1) is 15.2. The summed E-state index contributed by atoms with van der Waals surface area (Å²) in [6.45, 7) is 5.91. The smallest absolute Gasteiger partial charge is 0.407 e. The van der Waals surface area contributed by atoms with Crippen LogP contribution in [0.5, 0.6) is 11.5 Å². The molecule has 0 radical (unpaired) electrons. The van der Waals surface area contributed by atoms with Crippen LogP contribution in [-0.2, 0) is 16.1 Å². The quantitative estimate of drug-likeness (QED) is 0.608. The Morgan fingerprint density at radius 1 is 1.00 bits per heavy atom. The lowest BCUT2D eigenvalue weighted by molar-refractivity contribution is -0.121. The van der Waals surface area contributed by atoms with E-state index in [2.05, 4.69) is 16.0 Å². The molecule has 0 unspecified atom stereocenters. The van der Waals surface area contributed by atoms with Gasteiger partial charge in [-0.15, -0.1) is 0 Å². The Morgan fingerprint density at radius 3 is 2.56 bits per heavy atom. The van der Waals surface area contributed by atoms with Crippen LogP contribution in [0.15, 0.2) is 42.5 Å². The van der Waals surface area contributed by atoms with Crippen molar-refractivity contribution in [3.05, 3.63) is 53.6 Å². The van der Waals surface area contributed by atoms with Crippen molar-refractivity contribution >= 4 is 23.6 Å². The van der Waals surface area contributed by atoms with Gasteiger partial charge in [0.05, 0.1) is 0 Å². The van der Waals surface area contributed by atoms with E-state index in [1.54, 1.807) is 57.2 Å². The van der Waals surface area contributed by atoms with Gasteiger partial charge in [0.2, 0.25) is 12.7 Å². The molecule has 2 aromatic carbocycles. The lowest BCUT2D eigenvalue weighted by Gasteiger charge is -2.19. The molecule has 32 heavy (non-hydrogen) atoms. The minimum Gasteiger partial charge on any atom is -0.454 e. The molecule has 0 atom stereocenters. The number of fused-ring (bicyclic) bond motifs is 1. The number of carbonyl (C=O) groups is 3. The van der Waals surface area contributed by atoms with Gasteiger partial charge in [-0.05, 0) is 56.7 Å². The number of benzene rings is 2. The monoisotopic (exact) mass is 441 g/mol. The summed E-state index contributed by atoms with van der Waals surface area (Å²) in [5.74, 6) is 0.657. The van der Waals surface area contributed by atoms with E-state index in [4.69, 9.17) is 14.2 Å². The largest absolute Gasteiger partial charge is 0.454 e. The van der Waals surface area contributed by atoms with Gasteiger partial charge in [0.25, 0.3) is 5.91 Å². The zero-order chi connectivity index (χ0) is 23.1. The summed E-state index contributed by atoms with van der Waals surface area (Å²) in [5, 5.41) is 8.16. The lowest BCUT2D eigenvalue weighted by atomic mass is 10.1. The number of carbonyl (C=O) groups excluding carboxylic acids is 3. The normalized spacial score (nSPS) is 12.1. The average molecular weight is 441 g/mol. The fraction of sp³-hybridized carbons (Fsp3) is 0.348. The van der Waals surface area contributed by atoms with E-state index in [-0.39, 0.29) is 31.6 Å². The second kappa shape index (κ2) is 10.0. The van der Waals surface area contributed by atoms with Crippen molar-refractivity contribution in [1.82, 2.24) is 10.6 Å².